The molecule has 1 aliphatic carbocycles. The Kier molecular flexibility index (Phi) is 4.92. The number of aromatic amines is 1. The van der Waals surface area contributed by atoms with Crippen LogP contribution in [0.5, 0.6) is 0 Å². The molecule has 136 valence electrons. The van der Waals surface area contributed by atoms with Crippen molar-refractivity contribution in [2.45, 2.75) is 44.6 Å². The number of fused-ring (bicyclic) bond motifs is 1. The fourth-order valence-corrected chi connectivity index (χ4v) is 4.44. The predicted molar refractivity (Wildman–Crippen MR) is 102 cm³/mol. The number of carbonyl (C=O) groups is 2. The lowest BCUT2D eigenvalue weighted by atomic mass is 9.94. The number of H-pyrrole nitrogens is 1. The predicted octanol–water partition coefficient (Wildman–Crippen LogP) is 2.40. The van der Waals surface area contributed by atoms with Gasteiger partial charge in [0.25, 0.3) is 0 Å². The third-order valence-corrected chi connectivity index (χ3v) is 5.72. The highest BCUT2D eigenvalue weighted by atomic mass is 32.2. The Hall–Kier alpha value is -2.35. The van der Waals surface area contributed by atoms with Crippen molar-refractivity contribution < 1.29 is 9.59 Å². The monoisotopic (exact) mass is 371 g/mol. The molecule has 0 atom stereocenters. The molecule has 8 heteroatoms. The molecule has 0 bridgehead atoms. The second-order valence-electron chi connectivity index (χ2n) is 6.65. The average Bonchev–Trinajstić information content (AvgIpc) is 3.23. The summed E-state index contributed by atoms with van der Waals surface area (Å²) >= 11 is 1.39. The smallest absolute Gasteiger partial charge is 0.247 e. The molecule has 1 aliphatic heterocycles. The number of para-hydroxylation sites is 2. The molecular weight excluding hydrogens is 350 g/mol. The molecule has 2 N–H and O–H groups in total. The number of nitrogens with one attached hydrogen (secondary N) is 2. The summed E-state index contributed by atoms with van der Waals surface area (Å²) in [6, 6.07) is 7.87. The van der Waals surface area contributed by atoms with Gasteiger partial charge in [-0.15, -0.1) is 5.10 Å². The summed E-state index contributed by atoms with van der Waals surface area (Å²) in [5.41, 5.74) is 4.32. The summed E-state index contributed by atoms with van der Waals surface area (Å²) in [5, 5.41) is 4.83. The molecule has 2 heterocycles. The molecule has 0 unspecified atom stereocenters. The Bertz CT molecular complexity index is 823. The van der Waals surface area contributed by atoms with Crippen LogP contribution in [-0.2, 0) is 16.0 Å². The molecule has 1 aromatic heterocycles. The van der Waals surface area contributed by atoms with E-state index in [0.29, 0.717) is 16.7 Å². The lowest BCUT2D eigenvalue weighted by Crippen LogP contribution is -2.41. The van der Waals surface area contributed by atoms with E-state index in [2.05, 4.69) is 20.5 Å². The number of hydrogen-bond donors (Lipinski definition) is 2. The van der Waals surface area contributed by atoms with Crippen LogP contribution in [0.2, 0.25) is 0 Å². The Balaban J connectivity index is 1.41. The van der Waals surface area contributed by atoms with E-state index in [9.17, 15) is 9.59 Å². The first-order valence-electron chi connectivity index (χ1n) is 8.96. The van der Waals surface area contributed by atoms with Gasteiger partial charge in [0.15, 0.2) is 5.17 Å². The minimum absolute atomic E-state index is 0.0900. The minimum Gasteiger partial charge on any atom is -0.342 e. The van der Waals surface area contributed by atoms with Gasteiger partial charge in [-0.25, -0.2) is 10.4 Å². The zero-order chi connectivity index (χ0) is 17.9. The van der Waals surface area contributed by atoms with Crippen molar-refractivity contribution in [1.82, 2.24) is 20.3 Å². The zero-order valence-electron chi connectivity index (χ0n) is 14.4. The number of rotatable bonds is 4. The summed E-state index contributed by atoms with van der Waals surface area (Å²) in [4.78, 5) is 33.7. The van der Waals surface area contributed by atoms with Crippen LogP contribution < -0.4 is 5.43 Å². The Labute approximate surface area is 155 Å². The van der Waals surface area contributed by atoms with E-state index in [1.54, 1.807) is 4.90 Å². The third kappa shape index (κ3) is 3.60. The van der Waals surface area contributed by atoms with Crippen molar-refractivity contribution in [2.24, 2.45) is 5.10 Å². The number of hydrazone groups is 1. The van der Waals surface area contributed by atoms with E-state index in [-0.39, 0.29) is 24.3 Å². The quantitative estimate of drug-likeness (QED) is 0.808. The number of carbonyl (C=O) groups excluding carboxylic acids is 2. The normalized spacial score (nSPS) is 20.2. The fourth-order valence-electron chi connectivity index (χ4n) is 3.55. The maximum absolute atomic E-state index is 12.2. The number of aromatic nitrogens is 2. The molecule has 26 heavy (non-hydrogen) atoms. The third-order valence-electron chi connectivity index (χ3n) is 4.78. The molecule has 0 spiro atoms. The van der Waals surface area contributed by atoms with E-state index in [4.69, 9.17) is 0 Å². The lowest BCUT2D eigenvalue weighted by molar-refractivity contribution is -0.126. The number of nitrogens with zero attached hydrogens (tertiary/aromatic N) is 3. The van der Waals surface area contributed by atoms with Crippen molar-refractivity contribution >= 4 is 39.8 Å². The van der Waals surface area contributed by atoms with Gasteiger partial charge in [-0.3, -0.25) is 14.5 Å². The summed E-state index contributed by atoms with van der Waals surface area (Å²) in [6.07, 6.45) is 5.66. The van der Waals surface area contributed by atoms with Gasteiger partial charge in [0.05, 0.1) is 23.2 Å². The number of thioether (sulfide) groups is 1. The summed E-state index contributed by atoms with van der Waals surface area (Å²) in [7, 11) is 0. The standard InChI is InChI=1S/C18H21N5O2S/c24-16(10-15-19-13-8-4-5-9-14(13)20-15)21-22-18-23(17(25)11-26-18)12-6-2-1-3-7-12/h4-5,8-9,12H,1-3,6-7,10-11H2,(H,19,20)(H,21,24)/b22-18-. The van der Waals surface area contributed by atoms with Crippen molar-refractivity contribution in [3.63, 3.8) is 0 Å². The number of amidine groups is 1. The van der Waals surface area contributed by atoms with Crippen molar-refractivity contribution in [1.29, 1.82) is 0 Å². The van der Waals surface area contributed by atoms with Crippen LogP contribution in [0.3, 0.4) is 0 Å². The van der Waals surface area contributed by atoms with Crippen LogP contribution in [0.15, 0.2) is 29.4 Å². The van der Waals surface area contributed by atoms with E-state index < -0.39 is 0 Å². The Morgan fingerprint density at radius 3 is 2.92 bits per heavy atom. The van der Waals surface area contributed by atoms with Gasteiger partial charge in [-0.1, -0.05) is 43.2 Å². The number of amides is 2. The van der Waals surface area contributed by atoms with E-state index in [1.165, 1.54) is 18.2 Å². The molecule has 0 radical (unpaired) electrons. The van der Waals surface area contributed by atoms with Crippen molar-refractivity contribution in [3.8, 4) is 0 Å². The van der Waals surface area contributed by atoms with Gasteiger partial charge >= 0.3 is 0 Å². The van der Waals surface area contributed by atoms with E-state index in [0.717, 1.165) is 36.7 Å². The van der Waals surface area contributed by atoms with Crippen LogP contribution in [0, 0.1) is 0 Å². The molecule has 2 fully saturated rings. The first-order valence-corrected chi connectivity index (χ1v) is 9.94. The van der Waals surface area contributed by atoms with Gasteiger partial charge in [0.1, 0.15) is 5.82 Å². The van der Waals surface area contributed by atoms with Crippen LogP contribution in [0.1, 0.15) is 37.9 Å². The highest BCUT2D eigenvalue weighted by Gasteiger charge is 2.35. The van der Waals surface area contributed by atoms with E-state index in [1.807, 2.05) is 24.3 Å². The maximum Gasteiger partial charge on any atom is 0.247 e. The molecule has 2 aromatic rings. The lowest BCUT2D eigenvalue weighted by Gasteiger charge is -2.30. The summed E-state index contributed by atoms with van der Waals surface area (Å²) < 4.78 is 0. The Morgan fingerprint density at radius 2 is 2.12 bits per heavy atom. The van der Waals surface area contributed by atoms with Crippen LogP contribution in [-0.4, -0.2) is 43.6 Å². The minimum atomic E-state index is -0.250. The number of hydrogen-bond acceptors (Lipinski definition) is 5. The van der Waals surface area contributed by atoms with Gasteiger partial charge in [-0.05, 0) is 25.0 Å². The van der Waals surface area contributed by atoms with Crippen LogP contribution in [0.4, 0.5) is 0 Å². The number of benzene rings is 1. The molecule has 7 nitrogen and oxygen atoms in total. The second-order valence-corrected chi connectivity index (χ2v) is 7.59. The molecule has 1 aromatic carbocycles. The molecule has 1 saturated carbocycles. The van der Waals surface area contributed by atoms with Crippen LogP contribution in [0.25, 0.3) is 11.0 Å². The second kappa shape index (κ2) is 7.49. The average molecular weight is 371 g/mol. The number of imidazole rings is 1. The first kappa shape index (κ1) is 17.1. The summed E-state index contributed by atoms with van der Waals surface area (Å²) in [5.74, 6) is 0.838. The SMILES string of the molecule is O=C(Cc1nc2ccccc2[nH]1)N/N=C1\SCC(=O)N1C1CCCCC1. The zero-order valence-corrected chi connectivity index (χ0v) is 15.2. The highest BCUT2D eigenvalue weighted by Crippen LogP contribution is 2.29. The molecule has 4 rings (SSSR count). The van der Waals surface area contributed by atoms with Gasteiger partial charge in [-0.2, -0.15) is 0 Å². The fraction of sp³-hybridized carbons (Fsp3) is 0.444. The van der Waals surface area contributed by atoms with Crippen molar-refractivity contribution in [3.05, 3.63) is 30.1 Å². The maximum atomic E-state index is 12.2. The molecule has 2 amide bonds. The topological polar surface area (TPSA) is 90.5 Å². The largest absolute Gasteiger partial charge is 0.342 e. The van der Waals surface area contributed by atoms with Gasteiger partial charge < -0.3 is 4.98 Å². The van der Waals surface area contributed by atoms with E-state index >= 15 is 0 Å². The first-order chi connectivity index (χ1) is 12.7. The highest BCUT2D eigenvalue weighted by molar-refractivity contribution is 8.15. The van der Waals surface area contributed by atoms with Gasteiger partial charge in [0, 0.05) is 6.04 Å². The Morgan fingerprint density at radius 1 is 1.31 bits per heavy atom. The van der Waals surface area contributed by atoms with Gasteiger partial charge in [0.2, 0.25) is 11.8 Å². The molecule has 2 aliphatic rings. The summed E-state index contributed by atoms with van der Waals surface area (Å²) in [6.45, 7) is 0. The van der Waals surface area contributed by atoms with Crippen LogP contribution >= 0.6 is 11.8 Å². The molecular formula is C18H21N5O2S. The van der Waals surface area contributed by atoms with Crippen molar-refractivity contribution in [2.75, 3.05) is 5.75 Å². The molecule has 1 saturated heterocycles.